The first-order valence-corrected chi connectivity index (χ1v) is 9.51. The summed E-state index contributed by atoms with van der Waals surface area (Å²) >= 11 is 0. The Labute approximate surface area is 152 Å². The van der Waals surface area contributed by atoms with E-state index in [0.29, 0.717) is 23.8 Å². The molecule has 0 aliphatic heterocycles. The van der Waals surface area contributed by atoms with Gasteiger partial charge in [-0.25, -0.2) is 0 Å². The van der Waals surface area contributed by atoms with E-state index in [4.69, 9.17) is 0 Å². The number of hydrogen-bond acceptors (Lipinski definition) is 2. The van der Waals surface area contributed by atoms with Gasteiger partial charge < -0.3 is 10.2 Å². The Hall–Kier alpha value is -1.96. The fraction of sp³-hybridized carbons (Fsp3) is 0.478. The zero-order chi connectivity index (χ0) is 18.6. The molecule has 0 spiro atoms. The minimum Gasteiger partial charge on any atom is -0.507 e. The SMILES string of the molecule is CCCCc1cc(C)cc(Cc2cc(C)cc(C(C)CC)c2O)c1O. The second-order valence-corrected chi connectivity index (χ2v) is 7.38. The number of phenolic OH excluding ortho intramolecular Hbond substituents is 2. The Morgan fingerprint density at radius 3 is 2.00 bits per heavy atom. The lowest BCUT2D eigenvalue weighted by molar-refractivity contribution is 0.451. The Morgan fingerprint density at radius 2 is 1.40 bits per heavy atom. The molecule has 0 saturated carbocycles. The van der Waals surface area contributed by atoms with E-state index >= 15 is 0 Å². The van der Waals surface area contributed by atoms with Crippen LogP contribution >= 0.6 is 0 Å². The summed E-state index contributed by atoms with van der Waals surface area (Å²) in [4.78, 5) is 0. The van der Waals surface area contributed by atoms with Gasteiger partial charge >= 0.3 is 0 Å². The topological polar surface area (TPSA) is 40.5 Å². The van der Waals surface area contributed by atoms with Gasteiger partial charge in [-0.2, -0.15) is 0 Å². The van der Waals surface area contributed by atoms with E-state index in [2.05, 4.69) is 46.8 Å². The highest BCUT2D eigenvalue weighted by molar-refractivity contribution is 5.51. The molecule has 0 aliphatic carbocycles. The molecule has 0 amide bonds. The van der Waals surface area contributed by atoms with E-state index in [1.165, 1.54) is 0 Å². The summed E-state index contributed by atoms with van der Waals surface area (Å²) in [6.07, 6.45) is 4.63. The highest BCUT2D eigenvalue weighted by Gasteiger charge is 2.16. The van der Waals surface area contributed by atoms with E-state index in [9.17, 15) is 10.2 Å². The maximum atomic E-state index is 10.8. The van der Waals surface area contributed by atoms with Gasteiger partial charge in [0.2, 0.25) is 0 Å². The van der Waals surface area contributed by atoms with E-state index < -0.39 is 0 Å². The Bertz CT molecular complexity index is 731. The normalized spacial score (nSPS) is 12.4. The summed E-state index contributed by atoms with van der Waals surface area (Å²) in [7, 11) is 0. The minimum absolute atomic E-state index is 0.324. The molecule has 25 heavy (non-hydrogen) atoms. The number of hydrogen-bond donors (Lipinski definition) is 2. The predicted octanol–water partition coefficient (Wildman–Crippen LogP) is 6.16. The average molecular weight is 341 g/mol. The highest BCUT2D eigenvalue weighted by Crippen LogP contribution is 2.36. The molecule has 2 aromatic carbocycles. The van der Waals surface area contributed by atoms with E-state index in [1.54, 1.807) is 0 Å². The lowest BCUT2D eigenvalue weighted by atomic mass is 9.90. The van der Waals surface area contributed by atoms with Gasteiger partial charge in [0.15, 0.2) is 0 Å². The van der Waals surface area contributed by atoms with Crippen molar-refractivity contribution >= 4 is 0 Å². The van der Waals surface area contributed by atoms with Crippen LogP contribution in [0, 0.1) is 13.8 Å². The molecule has 0 radical (unpaired) electrons. The monoisotopic (exact) mass is 340 g/mol. The predicted molar refractivity (Wildman–Crippen MR) is 106 cm³/mol. The molecule has 0 heterocycles. The lowest BCUT2D eigenvalue weighted by Gasteiger charge is -2.17. The smallest absolute Gasteiger partial charge is 0.122 e. The van der Waals surface area contributed by atoms with Gasteiger partial charge in [-0.15, -0.1) is 0 Å². The lowest BCUT2D eigenvalue weighted by Crippen LogP contribution is -2.00. The third-order valence-corrected chi connectivity index (χ3v) is 5.10. The van der Waals surface area contributed by atoms with Gasteiger partial charge in [0.05, 0.1) is 0 Å². The third-order valence-electron chi connectivity index (χ3n) is 5.10. The average Bonchev–Trinajstić information content (AvgIpc) is 2.58. The van der Waals surface area contributed by atoms with Crippen LogP contribution in [0.1, 0.15) is 79.3 Å². The van der Waals surface area contributed by atoms with Crippen LogP contribution in [0.25, 0.3) is 0 Å². The van der Waals surface area contributed by atoms with Gasteiger partial charge in [-0.1, -0.05) is 62.6 Å². The van der Waals surface area contributed by atoms with E-state index in [0.717, 1.165) is 59.1 Å². The molecule has 0 aromatic heterocycles. The van der Waals surface area contributed by atoms with Crippen LogP contribution in [0.5, 0.6) is 11.5 Å². The number of phenols is 2. The molecule has 2 heteroatoms. The highest BCUT2D eigenvalue weighted by atomic mass is 16.3. The Balaban J connectivity index is 2.43. The number of benzene rings is 2. The standard InChI is InChI=1S/C23H32O2/c1-6-8-9-18-10-15(3)11-19(22(18)24)14-20-12-16(4)13-21(23(20)25)17(5)7-2/h10-13,17,24-25H,6-9,14H2,1-5H3. The maximum Gasteiger partial charge on any atom is 0.122 e. The first-order valence-electron chi connectivity index (χ1n) is 9.51. The molecule has 2 N–H and O–H groups in total. The second kappa shape index (κ2) is 8.42. The van der Waals surface area contributed by atoms with Crippen LogP contribution in [-0.2, 0) is 12.8 Å². The van der Waals surface area contributed by atoms with Crippen molar-refractivity contribution < 1.29 is 10.2 Å². The molecule has 136 valence electrons. The van der Waals surface area contributed by atoms with E-state index in [-0.39, 0.29) is 0 Å². The Kier molecular flexibility index (Phi) is 6.52. The van der Waals surface area contributed by atoms with Gasteiger partial charge in [0.25, 0.3) is 0 Å². The molecular formula is C23H32O2. The van der Waals surface area contributed by atoms with Crippen molar-refractivity contribution in [3.05, 3.63) is 57.6 Å². The number of aromatic hydroxyl groups is 2. The van der Waals surface area contributed by atoms with Crippen molar-refractivity contribution in [2.24, 2.45) is 0 Å². The van der Waals surface area contributed by atoms with Gasteiger partial charge in [0.1, 0.15) is 11.5 Å². The largest absolute Gasteiger partial charge is 0.507 e. The van der Waals surface area contributed by atoms with E-state index in [1.807, 2.05) is 12.1 Å². The second-order valence-electron chi connectivity index (χ2n) is 7.38. The van der Waals surface area contributed by atoms with Crippen molar-refractivity contribution in [2.75, 3.05) is 0 Å². The molecule has 2 nitrogen and oxygen atoms in total. The molecule has 0 aliphatic rings. The van der Waals surface area contributed by atoms with Crippen molar-refractivity contribution in [3.8, 4) is 11.5 Å². The van der Waals surface area contributed by atoms with Crippen molar-refractivity contribution in [1.82, 2.24) is 0 Å². The summed E-state index contributed by atoms with van der Waals surface area (Å²) in [5, 5.41) is 21.5. The van der Waals surface area contributed by atoms with Crippen LogP contribution in [0.15, 0.2) is 24.3 Å². The molecule has 1 atom stereocenters. The zero-order valence-corrected chi connectivity index (χ0v) is 16.3. The van der Waals surface area contributed by atoms with Gasteiger partial charge in [0, 0.05) is 6.42 Å². The van der Waals surface area contributed by atoms with Crippen LogP contribution in [0.2, 0.25) is 0 Å². The van der Waals surface area contributed by atoms with Crippen LogP contribution in [0.4, 0.5) is 0 Å². The summed E-state index contributed by atoms with van der Waals surface area (Å²) in [5.41, 5.74) is 6.15. The van der Waals surface area contributed by atoms with Crippen LogP contribution in [0.3, 0.4) is 0 Å². The molecule has 0 bridgehead atoms. The molecular weight excluding hydrogens is 308 g/mol. The quantitative estimate of drug-likeness (QED) is 0.633. The first-order chi connectivity index (χ1) is 11.9. The van der Waals surface area contributed by atoms with Gasteiger partial charge in [-0.05, 0) is 61.3 Å². The number of aryl methyl sites for hydroxylation is 3. The zero-order valence-electron chi connectivity index (χ0n) is 16.3. The molecule has 1 unspecified atom stereocenters. The molecule has 2 rings (SSSR count). The third kappa shape index (κ3) is 4.56. The first kappa shape index (κ1) is 19.4. The summed E-state index contributed by atoms with van der Waals surface area (Å²) in [6, 6.07) is 8.23. The minimum atomic E-state index is 0.324. The molecule has 2 aromatic rings. The Morgan fingerprint density at radius 1 is 0.840 bits per heavy atom. The van der Waals surface area contributed by atoms with Crippen LogP contribution in [-0.4, -0.2) is 10.2 Å². The summed E-state index contributed by atoms with van der Waals surface area (Å²) < 4.78 is 0. The van der Waals surface area contributed by atoms with Crippen molar-refractivity contribution in [3.63, 3.8) is 0 Å². The fourth-order valence-electron chi connectivity index (χ4n) is 3.45. The molecule has 0 fully saturated rings. The molecule has 0 saturated heterocycles. The summed E-state index contributed by atoms with van der Waals surface area (Å²) in [6.45, 7) is 10.6. The number of unbranched alkanes of at least 4 members (excludes halogenated alkanes) is 1. The summed E-state index contributed by atoms with van der Waals surface area (Å²) in [5.74, 6) is 1.10. The fourth-order valence-corrected chi connectivity index (χ4v) is 3.45. The van der Waals surface area contributed by atoms with Gasteiger partial charge in [-0.3, -0.25) is 0 Å². The number of rotatable bonds is 7. The van der Waals surface area contributed by atoms with Crippen LogP contribution < -0.4 is 0 Å². The van der Waals surface area contributed by atoms with Crippen molar-refractivity contribution in [1.29, 1.82) is 0 Å². The maximum absolute atomic E-state index is 10.8. The van der Waals surface area contributed by atoms with Crippen molar-refractivity contribution in [2.45, 2.75) is 72.6 Å².